The van der Waals surface area contributed by atoms with Crippen LogP contribution in [-0.2, 0) is 13.0 Å². The number of rotatable bonds is 5. The van der Waals surface area contributed by atoms with Crippen LogP contribution in [0.15, 0.2) is 48.5 Å². The lowest BCUT2D eigenvalue weighted by Gasteiger charge is -2.32. The third kappa shape index (κ3) is 4.42. The van der Waals surface area contributed by atoms with E-state index in [1.807, 2.05) is 54.3 Å². The van der Waals surface area contributed by atoms with Crippen LogP contribution in [0.1, 0.15) is 46.4 Å². The van der Waals surface area contributed by atoms with Crippen molar-refractivity contribution in [3.8, 4) is 17.4 Å². The highest BCUT2D eigenvalue weighted by molar-refractivity contribution is 5.97. The van der Waals surface area contributed by atoms with E-state index < -0.39 is 0 Å². The van der Waals surface area contributed by atoms with Crippen molar-refractivity contribution in [2.24, 2.45) is 0 Å². The molecular formula is C27H30N4O3. The lowest BCUT2D eigenvalue weighted by Crippen LogP contribution is -2.38. The van der Waals surface area contributed by atoms with Crippen LogP contribution in [0.2, 0.25) is 0 Å². The van der Waals surface area contributed by atoms with Crippen molar-refractivity contribution in [2.45, 2.75) is 39.2 Å². The predicted octanol–water partition coefficient (Wildman–Crippen LogP) is 4.77. The molecule has 176 valence electrons. The highest BCUT2D eigenvalue weighted by Gasteiger charge is 2.29. The average molecular weight is 459 g/mol. The second-order valence-corrected chi connectivity index (χ2v) is 8.85. The van der Waals surface area contributed by atoms with Crippen LogP contribution >= 0.6 is 0 Å². The lowest BCUT2D eigenvalue weighted by molar-refractivity contribution is 0.0728. The van der Waals surface area contributed by atoms with Gasteiger partial charge in [-0.25, -0.2) is 4.98 Å². The summed E-state index contributed by atoms with van der Waals surface area (Å²) in [7, 11) is 1.59. The highest BCUT2D eigenvalue weighted by atomic mass is 16.5. The first-order valence-corrected chi connectivity index (χ1v) is 11.9. The minimum absolute atomic E-state index is 0.0648. The van der Waals surface area contributed by atoms with E-state index in [1.54, 1.807) is 13.2 Å². The van der Waals surface area contributed by atoms with Gasteiger partial charge in [0.25, 0.3) is 5.91 Å². The molecule has 1 aromatic heterocycles. The summed E-state index contributed by atoms with van der Waals surface area (Å²) < 4.78 is 11.8. The number of ether oxygens (including phenoxy) is 2. The highest BCUT2D eigenvalue weighted by Crippen LogP contribution is 2.34. The topological polar surface area (TPSA) is 67.8 Å². The first-order chi connectivity index (χ1) is 16.6. The van der Waals surface area contributed by atoms with Crippen LogP contribution < -0.4 is 14.4 Å². The van der Waals surface area contributed by atoms with Gasteiger partial charge in [-0.15, -0.1) is 0 Å². The van der Waals surface area contributed by atoms with E-state index in [4.69, 9.17) is 19.4 Å². The molecular weight excluding hydrogens is 428 g/mol. The van der Waals surface area contributed by atoms with E-state index in [2.05, 4.69) is 4.90 Å². The molecule has 0 unspecified atom stereocenters. The van der Waals surface area contributed by atoms with Gasteiger partial charge >= 0.3 is 0 Å². The number of aromatic nitrogens is 2. The summed E-state index contributed by atoms with van der Waals surface area (Å²) in [6.07, 6.45) is 4.20. The van der Waals surface area contributed by atoms with E-state index in [1.165, 1.54) is 6.42 Å². The number of fused-ring (bicyclic) bond motifs is 1. The third-order valence-electron chi connectivity index (χ3n) is 6.57. The SMILES string of the molecule is COc1ccccc1C(=O)N1CCc2nc(N3CCCCC3)nc(Oc3ccccc3C)c2C1. The second-order valence-electron chi connectivity index (χ2n) is 8.85. The minimum Gasteiger partial charge on any atom is -0.496 e. The molecule has 0 radical (unpaired) electrons. The molecule has 1 fully saturated rings. The Morgan fingerprint density at radius 2 is 1.65 bits per heavy atom. The van der Waals surface area contributed by atoms with Crippen LogP contribution in [0, 0.1) is 6.92 Å². The number of amides is 1. The van der Waals surface area contributed by atoms with Crippen molar-refractivity contribution in [2.75, 3.05) is 31.6 Å². The van der Waals surface area contributed by atoms with Gasteiger partial charge in [-0.1, -0.05) is 30.3 Å². The summed E-state index contributed by atoms with van der Waals surface area (Å²) in [5, 5.41) is 0. The van der Waals surface area contributed by atoms with Gasteiger partial charge < -0.3 is 19.3 Å². The van der Waals surface area contributed by atoms with E-state index in [0.717, 1.165) is 54.4 Å². The monoisotopic (exact) mass is 458 g/mol. The first kappa shape index (κ1) is 22.2. The number of carbonyl (C=O) groups excluding carboxylic acids is 1. The summed E-state index contributed by atoms with van der Waals surface area (Å²) in [6, 6.07) is 15.3. The number of methoxy groups -OCH3 is 1. The van der Waals surface area contributed by atoms with E-state index >= 15 is 0 Å². The molecule has 3 heterocycles. The standard InChI is InChI=1S/C27H30N4O3/c1-19-10-4-6-12-23(19)34-25-21-18-31(26(32)20-11-5-7-13-24(20)33-2)17-14-22(21)28-27(29-25)30-15-8-3-9-16-30/h4-7,10-13H,3,8-9,14-18H2,1-2H3. The zero-order valence-corrected chi connectivity index (χ0v) is 19.8. The number of piperidine rings is 1. The lowest BCUT2D eigenvalue weighted by atomic mass is 10.0. The van der Waals surface area contributed by atoms with Gasteiger partial charge in [0.1, 0.15) is 11.5 Å². The number of anilines is 1. The number of para-hydroxylation sites is 2. The molecule has 0 aliphatic carbocycles. The van der Waals surface area contributed by atoms with Gasteiger partial charge in [0.2, 0.25) is 11.8 Å². The minimum atomic E-state index is -0.0648. The summed E-state index contributed by atoms with van der Waals surface area (Å²) in [4.78, 5) is 27.3. The molecule has 5 rings (SSSR count). The summed E-state index contributed by atoms with van der Waals surface area (Å²) in [5.41, 5.74) is 3.43. The first-order valence-electron chi connectivity index (χ1n) is 11.9. The Morgan fingerprint density at radius 3 is 2.41 bits per heavy atom. The third-order valence-corrected chi connectivity index (χ3v) is 6.57. The summed E-state index contributed by atoms with van der Waals surface area (Å²) in [6.45, 7) is 4.92. The molecule has 2 aliphatic rings. The smallest absolute Gasteiger partial charge is 0.257 e. The molecule has 0 spiro atoms. The normalized spacial score (nSPS) is 15.6. The molecule has 34 heavy (non-hydrogen) atoms. The van der Waals surface area contributed by atoms with Gasteiger partial charge in [-0.2, -0.15) is 4.98 Å². The van der Waals surface area contributed by atoms with Crippen LogP contribution in [0.5, 0.6) is 17.4 Å². The van der Waals surface area contributed by atoms with Crippen molar-refractivity contribution >= 4 is 11.9 Å². The number of nitrogens with zero attached hydrogens (tertiary/aromatic N) is 4. The van der Waals surface area contributed by atoms with Crippen LogP contribution in [0.3, 0.4) is 0 Å². The van der Waals surface area contributed by atoms with Gasteiger partial charge in [0, 0.05) is 26.1 Å². The van der Waals surface area contributed by atoms with Crippen molar-refractivity contribution in [1.29, 1.82) is 0 Å². The Bertz CT molecular complexity index is 1190. The molecule has 7 nitrogen and oxygen atoms in total. The second kappa shape index (κ2) is 9.71. The van der Waals surface area contributed by atoms with E-state index in [0.29, 0.717) is 36.7 Å². The fourth-order valence-corrected chi connectivity index (χ4v) is 4.63. The van der Waals surface area contributed by atoms with Crippen LogP contribution in [0.4, 0.5) is 5.95 Å². The Morgan fingerprint density at radius 1 is 0.912 bits per heavy atom. The number of aryl methyl sites for hydroxylation is 1. The predicted molar refractivity (Wildman–Crippen MR) is 131 cm³/mol. The maximum Gasteiger partial charge on any atom is 0.257 e. The zero-order chi connectivity index (χ0) is 23.5. The van der Waals surface area contributed by atoms with Crippen molar-refractivity contribution < 1.29 is 14.3 Å². The fourth-order valence-electron chi connectivity index (χ4n) is 4.63. The summed E-state index contributed by atoms with van der Waals surface area (Å²) >= 11 is 0. The number of hydrogen-bond donors (Lipinski definition) is 0. The Hall–Kier alpha value is -3.61. The Balaban J connectivity index is 1.50. The molecule has 3 aromatic rings. The fraction of sp³-hybridized carbons (Fsp3) is 0.370. The van der Waals surface area contributed by atoms with Gasteiger partial charge in [0.15, 0.2) is 0 Å². The van der Waals surface area contributed by atoms with Gasteiger partial charge in [-0.3, -0.25) is 4.79 Å². The summed E-state index contributed by atoms with van der Waals surface area (Å²) in [5.74, 6) is 2.54. The number of hydrogen-bond acceptors (Lipinski definition) is 6. The van der Waals surface area contributed by atoms with Gasteiger partial charge in [-0.05, 0) is 49.9 Å². The van der Waals surface area contributed by atoms with E-state index in [-0.39, 0.29) is 5.91 Å². The van der Waals surface area contributed by atoms with E-state index in [9.17, 15) is 4.79 Å². The van der Waals surface area contributed by atoms with Crippen molar-refractivity contribution in [1.82, 2.24) is 14.9 Å². The molecule has 0 N–H and O–H groups in total. The number of carbonyl (C=O) groups is 1. The van der Waals surface area contributed by atoms with Crippen molar-refractivity contribution in [3.05, 3.63) is 70.9 Å². The Kier molecular flexibility index (Phi) is 6.34. The molecule has 0 atom stereocenters. The largest absolute Gasteiger partial charge is 0.496 e. The molecule has 2 aliphatic heterocycles. The van der Waals surface area contributed by atoms with Crippen LogP contribution in [-0.4, -0.2) is 47.5 Å². The molecule has 0 saturated carbocycles. The van der Waals surface area contributed by atoms with Gasteiger partial charge in [0.05, 0.1) is 30.5 Å². The molecule has 7 heteroatoms. The molecule has 1 saturated heterocycles. The zero-order valence-electron chi connectivity index (χ0n) is 19.8. The maximum absolute atomic E-state index is 13.4. The molecule has 0 bridgehead atoms. The molecule has 1 amide bonds. The Labute approximate surface area is 200 Å². The quantitative estimate of drug-likeness (QED) is 0.548. The van der Waals surface area contributed by atoms with Crippen LogP contribution in [0.25, 0.3) is 0 Å². The number of benzene rings is 2. The molecule has 2 aromatic carbocycles. The maximum atomic E-state index is 13.4. The average Bonchev–Trinajstić information content (AvgIpc) is 2.89. The van der Waals surface area contributed by atoms with Crippen molar-refractivity contribution in [3.63, 3.8) is 0 Å².